The zero-order valence-corrected chi connectivity index (χ0v) is 19.4. The number of amides is 2. The minimum atomic E-state index is -0.626. The SMILES string of the molecule is COc1cc(C=C(C(=O)Nc2ccccc2OC)C(=O)Nc2ccccc2OC)cc(OC)c1. The van der Waals surface area contributed by atoms with Gasteiger partial charge in [-0.3, -0.25) is 9.59 Å². The number of benzene rings is 3. The molecular formula is C26H26N2O6. The first kappa shape index (κ1) is 24.2. The second kappa shape index (κ2) is 11.4. The first-order chi connectivity index (χ1) is 16.5. The van der Waals surface area contributed by atoms with Gasteiger partial charge in [0.25, 0.3) is 11.8 Å². The van der Waals surface area contributed by atoms with E-state index in [2.05, 4.69) is 10.6 Å². The third-order valence-electron chi connectivity index (χ3n) is 4.88. The van der Waals surface area contributed by atoms with Crippen molar-refractivity contribution in [2.24, 2.45) is 0 Å². The summed E-state index contributed by atoms with van der Waals surface area (Å²) in [5.74, 6) is 0.699. The van der Waals surface area contributed by atoms with Crippen LogP contribution in [-0.2, 0) is 9.59 Å². The summed E-state index contributed by atoms with van der Waals surface area (Å²) >= 11 is 0. The normalized spacial score (nSPS) is 10.0. The van der Waals surface area contributed by atoms with Gasteiger partial charge in [0, 0.05) is 6.07 Å². The zero-order chi connectivity index (χ0) is 24.5. The minimum absolute atomic E-state index is 0.146. The molecule has 0 aliphatic carbocycles. The number of carbonyl (C=O) groups is 2. The largest absolute Gasteiger partial charge is 0.497 e. The lowest BCUT2D eigenvalue weighted by molar-refractivity contribution is -0.118. The van der Waals surface area contributed by atoms with Crippen molar-refractivity contribution < 1.29 is 28.5 Å². The van der Waals surface area contributed by atoms with Crippen molar-refractivity contribution in [2.45, 2.75) is 0 Å². The second-order valence-electron chi connectivity index (χ2n) is 7.01. The van der Waals surface area contributed by atoms with Crippen LogP contribution in [-0.4, -0.2) is 40.3 Å². The van der Waals surface area contributed by atoms with Crippen molar-refractivity contribution in [3.05, 3.63) is 77.9 Å². The number of hydrogen-bond acceptors (Lipinski definition) is 6. The van der Waals surface area contributed by atoms with Crippen LogP contribution in [0.2, 0.25) is 0 Å². The molecule has 8 nitrogen and oxygen atoms in total. The Morgan fingerprint density at radius 2 is 1.09 bits per heavy atom. The Balaban J connectivity index is 2.03. The summed E-state index contributed by atoms with van der Waals surface area (Å²) < 4.78 is 21.2. The van der Waals surface area contributed by atoms with E-state index in [1.165, 1.54) is 34.5 Å². The molecule has 0 aromatic heterocycles. The number of methoxy groups -OCH3 is 4. The lowest BCUT2D eigenvalue weighted by Gasteiger charge is -2.14. The zero-order valence-electron chi connectivity index (χ0n) is 19.4. The Kier molecular flexibility index (Phi) is 8.12. The smallest absolute Gasteiger partial charge is 0.261 e. The van der Waals surface area contributed by atoms with Crippen molar-refractivity contribution in [1.29, 1.82) is 0 Å². The Morgan fingerprint density at radius 1 is 0.647 bits per heavy atom. The van der Waals surface area contributed by atoms with E-state index in [4.69, 9.17) is 18.9 Å². The molecule has 0 aliphatic rings. The average molecular weight is 463 g/mol. The third-order valence-corrected chi connectivity index (χ3v) is 4.88. The fourth-order valence-electron chi connectivity index (χ4n) is 3.19. The van der Waals surface area contributed by atoms with Gasteiger partial charge in [-0.05, 0) is 48.0 Å². The van der Waals surface area contributed by atoms with Crippen molar-refractivity contribution in [1.82, 2.24) is 0 Å². The quantitative estimate of drug-likeness (QED) is 0.278. The van der Waals surface area contributed by atoms with Crippen LogP contribution < -0.4 is 29.6 Å². The van der Waals surface area contributed by atoms with E-state index in [0.29, 0.717) is 39.9 Å². The molecule has 0 radical (unpaired) electrons. The molecule has 3 rings (SSSR count). The van der Waals surface area contributed by atoms with Gasteiger partial charge in [0.2, 0.25) is 0 Å². The topological polar surface area (TPSA) is 95.1 Å². The molecule has 2 amide bonds. The maximum absolute atomic E-state index is 13.3. The Morgan fingerprint density at radius 3 is 1.50 bits per heavy atom. The lowest BCUT2D eigenvalue weighted by Crippen LogP contribution is -2.25. The number of para-hydroxylation sites is 4. The molecule has 0 fully saturated rings. The van der Waals surface area contributed by atoms with Crippen LogP contribution in [0.4, 0.5) is 11.4 Å². The molecule has 3 aromatic carbocycles. The van der Waals surface area contributed by atoms with Crippen LogP contribution in [0.1, 0.15) is 5.56 Å². The molecule has 0 atom stereocenters. The highest BCUT2D eigenvalue weighted by molar-refractivity contribution is 6.29. The van der Waals surface area contributed by atoms with Gasteiger partial charge in [0.1, 0.15) is 28.6 Å². The van der Waals surface area contributed by atoms with Crippen LogP contribution in [0.15, 0.2) is 72.3 Å². The molecule has 34 heavy (non-hydrogen) atoms. The predicted octanol–water partition coefficient (Wildman–Crippen LogP) is 4.38. The molecule has 8 heteroatoms. The molecule has 176 valence electrons. The van der Waals surface area contributed by atoms with Gasteiger partial charge in [0.05, 0.1) is 39.8 Å². The van der Waals surface area contributed by atoms with Crippen LogP contribution in [0, 0.1) is 0 Å². The molecule has 0 bridgehead atoms. The molecule has 0 aliphatic heterocycles. The Labute approximate surface area is 198 Å². The van der Waals surface area contributed by atoms with E-state index in [-0.39, 0.29) is 5.57 Å². The molecule has 2 N–H and O–H groups in total. The standard InChI is InChI=1S/C26H26N2O6/c1-31-18-13-17(14-19(16-18)32-2)15-20(25(29)27-21-9-5-7-11-23(21)33-3)26(30)28-22-10-6-8-12-24(22)34-4/h5-16H,1-4H3,(H,27,29)(H,28,30). The maximum Gasteiger partial charge on any atom is 0.261 e. The second-order valence-corrected chi connectivity index (χ2v) is 7.01. The number of nitrogens with one attached hydrogen (secondary N) is 2. The highest BCUT2D eigenvalue weighted by Gasteiger charge is 2.21. The number of anilines is 2. The number of hydrogen-bond donors (Lipinski definition) is 2. The first-order valence-corrected chi connectivity index (χ1v) is 10.3. The summed E-state index contributed by atoms with van der Waals surface area (Å²) in [6.45, 7) is 0. The van der Waals surface area contributed by atoms with E-state index >= 15 is 0 Å². The lowest BCUT2D eigenvalue weighted by atomic mass is 10.1. The van der Waals surface area contributed by atoms with Gasteiger partial charge in [-0.1, -0.05) is 24.3 Å². The highest BCUT2D eigenvalue weighted by Crippen LogP contribution is 2.28. The van der Waals surface area contributed by atoms with Crippen LogP contribution in [0.25, 0.3) is 6.08 Å². The monoisotopic (exact) mass is 462 g/mol. The predicted molar refractivity (Wildman–Crippen MR) is 131 cm³/mol. The van der Waals surface area contributed by atoms with Crippen LogP contribution in [0.5, 0.6) is 23.0 Å². The summed E-state index contributed by atoms with van der Waals surface area (Å²) in [6, 6.07) is 18.9. The molecule has 0 unspecified atom stereocenters. The van der Waals surface area contributed by atoms with Crippen LogP contribution in [0.3, 0.4) is 0 Å². The maximum atomic E-state index is 13.3. The first-order valence-electron chi connectivity index (χ1n) is 10.3. The summed E-state index contributed by atoms with van der Waals surface area (Å²) in [6.07, 6.45) is 1.46. The van der Waals surface area contributed by atoms with E-state index in [1.807, 2.05) is 0 Å². The summed E-state index contributed by atoms with van der Waals surface area (Å²) in [5, 5.41) is 5.49. The Bertz CT molecular complexity index is 1120. The minimum Gasteiger partial charge on any atom is -0.497 e. The van der Waals surface area contributed by atoms with Gasteiger partial charge in [-0.15, -0.1) is 0 Å². The van der Waals surface area contributed by atoms with Gasteiger partial charge >= 0.3 is 0 Å². The Hall–Kier alpha value is -4.46. The van der Waals surface area contributed by atoms with Crippen molar-refractivity contribution >= 4 is 29.3 Å². The van der Waals surface area contributed by atoms with Gasteiger partial charge < -0.3 is 29.6 Å². The fourth-order valence-corrected chi connectivity index (χ4v) is 3.19. The van der Waals surface area contributed by atoms with Crippen molar-refractivity contribution in [3.63, 3.8) is 0 Å². The van der Waals surface area contributed by atoms with Crippen molar-refractivity contribution in [3.8, 4) is 23.0 Å². The molecule has 0 saturated carbocycles. The number of carbonyl (C=O) groups excluding carboxylic acids is 2. The number of ether oxygens (including phenoxy) is 4. The molecular weight excluding hydrogens is 436 g/mol. The van der Waals surface area contributed by atoms with E-state index in [9.17, 15) is 9.59 Å². The van der Waals surface area contributed by atoms with Crippen molar-refractivity contribution in [2.75, 3.05) is 39.1 Å². The van der Waals surface area contributed by atoms with Gasteiger partial charge in [-0.2, -0.15) is 0 Å². The summed E-state index contributed by atoms with van der Waals surface area (Å²) in [4.78, 5) is 26.6. The molecule has 0 saturated heterocycles. The van der Waals surface area contributed by atoms with Gasteiger partial charge in [0.15, 0.2) is 0 Å². The fraction of sp³-hybridized carbons (Fsp3) is 0.154. The van der Waals surface area contributed by atoms with E-state index < -0.39 is 11.8 Å². The average Bonchev–Trinajstić information content (AvgIpc) is 2.87. The summed E-state index contributed by atoms with van der Waals surface area (Å²) in [7, 11) is 6.04. The molecule has 0 heterocycles. The van der Waals surface area contributed by atoms with E-state index in [1.54, 1.807) is 66.7 Å². The molecule has 3 aromatic rings. The summed E-state index contributed by atoms with van der Waals surface area (Å²) in [5.41, 5.74) is 1.24. The number of rotatable bonds is 9. The van der Waals surface area contributed by atoms with E-state index in [0.717, 1.165) is 0 Å². The van der Waals surface area contributed by atoms with Gasteiger partial charge in [-0.25, -0.2) is 0 Å². The third kappa shape index (κ3) is 5.86. The van der Waals surface area contributed by atoms with Crippen LogP contribution >= 0.6 is 0 Å². The highest BCUT2D eigenvalue weighted by atomic mass is 16.5. The molecule has 0 spiro atoms.